The first kappa shape index (κ1) is 23.6. The summed E-state index contributed by atoms with van der Waals surface area (Å²) in [6.07, 6.45) is -4.17. The highest BCUT2D eigenvalue weighted by molar-refractivity contribution is 6.33. The van der Waals surface area contributed by atoms with Gasteiger partial charge < -0.3 is 14.9 Å². The Labute approximate surface area is 187 Å². The minimum absolute atomic E-state index is 0.0180. The van der Waals surface area contributed by atoms with Crippen molar-refractivity contribution in [3.63, 3.8) is 0 Å². The number of alkyl halides is 3. The molecule has 0 saturated heterocycles. The van der Waals surface area contributed by atoms with Gasteiger partial charge in [0.25, 0.3) is 0 Å². The molecule has 1 atom stereocenters. The number of hydrogen-bond donors (Lipinski definition) is 3. The summed E-state index contributed by atoms with van der Waals surface area (Å²) in [6.45, 7) is 0.0180. The highest BCUT2D eigenvalue weighted by Crippen LogP contribution is 2.36. The number of aliphatic carboxylic acids is 1. The Kier molecular flexibility index (Phi) is 7.37. The van der Waals surface area contributed by atoms with Gasteiger partial charge in [-0.3, -0.25) is 10.1 Å². The summed E-state index contributed by atoms with van der Waals surface area (Å²) in [5.74, 6) is -0.513. The summed E-state index contributed by atoms with van der Waals surface area (Å²) in [7, 11) is 0. The van der Waals surface area contributed by atoms with Crippen molar-refractivity contribution >= 4 is 23.3 Å². The Bertz CT molecular complexity index is 1100. The number of hydrogen-bond acceptors (Lipinski definition) is 4. The number of carbonyl (C=O) groups is 1. The fourth-order valence-corrected chi connectivity index (χ4v) is 3.33. The quantitative estimate of drug-likeness (QED) is 0.367. The molecular formula is C23H20ClF3N2O3. The molecule has 5 nitrogen and oxygen atoms in total. The molecule has 32 heavy (non-hydrogen) atoms. The predicted molar refractivity (Wildman–Crippen MR) is 115 cm³/mol. The number of halogens is 4. The molecule has 1 aromatic heterocycles. The van der Waals surface area contributed by atoms with Crippen LogP contribution in [0.2, 0.25) is 5.02 Å². The van der Waals surface area contributed by atoms with Crippen LogP contribution in [0.25, 0.3) is 11.3 Å². The molecular weight excluding hydrogens is 445 g/mol. The van der Waals surface area contributed by atoms with E-state index in [4.69, 9.17) is 21.4 Å². The summed E-state index contributed by atoms with van der Waals surface area (Å²) in [4.78, 5) is 11.5. The SMILES string of the molecule is N=C(CNC(Cc1ccccc1)C(=O)O)Cc1ccc(-c2cc(C(F)(F)F)ccc2Cl)o1. The molecule has 3 rings (SSSR count). The van der Waals surface area contributed by atoms with Crippen molar-refractivity contribution in [2.24, 2.45) is 0 Å². The fourth-order valence-electron chi connectivity index (χ4n) is 3.12. The highest BCUT2D eigenvalue weighted by Gasteiger charge is 2.31. The van der Waals surface area contributed by atoms with Crippen LogP contribution >= 0.6 is 11.6 Å². The van der Waals surface area contributed by atoms with Crippen LogP contribution in [0.3, 0.4) is 0 Å². The van der Waals surface area contributed by atoms with Crippen LogP contribution in [-0.2, 0) is 23.8 Å². The zero-order valence-corrected chi connectivity index (χ0v) is 17.5. The molecule has 1 unspecified atom stereocenters. The Hall–Kier alpha value is -3.10. The van der Waals surface area contributed by atoms with Gasteiger partial charge in [0.05, 0.1) is 10.6 Å². The third-order valence-corrected chi connectivity index (χ3v) is 5.08. The third kappa shape index (κ3) is 6.21. The van der Waals surface area contributed by atoms with Crippen LogP contribution in [-0.4, -0.2) is 29.4 Å². The fraction of sp³-hybridized carbons (Fsp3) is 0.217. The van der Waals surface area contributed by atoms with Gasteiger partial charge >= 0.3 is 12.1 Å². The minimum atomic E-state index is -4.51. The highest BCUT2D eigenvalue weighted by atomic mass is 35.5. The monoisotopic (exact) mass is 464 g/mol. The van der Waals surface area contributed by atoms with Gasteiger partial charge in [0.15, 0.2) is 0 Å². The van der Waals surface area contributed by atoms with Crippen molar-refractivity contribution in [1.82, 2.24) is 5.32 Å². The third-order valence-electron chi connectivity index (χ3n) is 4.75. The first-order chi connectivity index (χ1) is 15.1. The second-order valence-electron chi connectivity index (χ2n) is 7.20. The molecule has 1 heterocycles. The number of carboxylic acid groups (broad SMARTS) is 1. The molecule has 0 amide bonds. The number of rotatable bonds is 9. The maximum absolute atomic E-state index is 13.0. The molecule has 0 aliphatic carbocycles. The second kappa shape index (κ2) is 10.0. The van der Waals surface area contributed by atoms with E-state index in [2.05, 4.69) is 5.32 Å². The Morgan fingerprint density at radius 1 is 1.12 bits per heavy atom. The van der Waals surface area contributed by atoms with Gasteiger partial charge in [-0.2, -0.15) is 13.2 Å². The van der Waals surface area contributed by atoms with Gasteiger partial charge in [0.2, 0.25) is 0 Å². The van der Waals surface area contributed by atoms with Gasteiger partial charge in [-0.05, 0) is 42.3 Å². The maximum atomic E-state index is 13.0. The van der Waals surface area contributed by atoms with E-state index in [1.54, 1.807) is 6.07 Å². The van der Waals surface area contributed by atoms with Gasteiger partial charge in [-0.1, -0.05) is 41.9 Å². The number of furan rings is 1. The van der Waals surface area contributed by atoms with Gasteiger partial charge in [0, 0.05) is 24.2 Å². The van der Waals surface area contributed by atoms with Crippen molar-refractivity contribution in [3.05, 3.63) is 82.6 Å². The summed E-state index contributed by atoms with van der Waals surface area (Å²) >= 11 is 6.04. The van der Waals surface area contributed by atoms with E-state index in [0.29, 0.717) is 5.76 Å². The van der Waals surface area contributed by atoms with Crippen LogP contribution < -0.4 is 5.32 Å². The molecule has 3 N–H and O–H groups in total. The normalized spacial score (nSPS) is 12.5. The van der Waals surface area contributed by atoms with E-state index in [1.165, 1.54) is 6.07 Å². The minimum Gasteiger partial charge on any atom is -0.480 e. The topological polar surface area (TPSA) is 86.3 Å². The lowest BCUT2D eigenvalue weighted by Crippen LogP contribution is -2.41. The van der Waals surface area contributed by atoms with Crippen molar-refractivity contribution < 1.29 is 27.5 Å². The molecule has 0 spiro atoms. The summed E-state index contributed by atoms with van der Waals surface area (Å²) in [5.41, 5.74) is 0.282. The largest absolute Gasteiger partial charge is 0.480 e. The number of nitrogens with one attached hydrogen (secondary N) is 2. The lowest BCUT2D eigenvalue weighted by molar-refractivity contribution is -0.139. The van der Waals surface area contributed by atoms with E-state index in [-0.39, 0.29) is 41.4 Å². The lowest BCUT2D eigenvalue weighted by atomic mass is 10.1. The first-order valence-corrected chi connectivity index (χ1v) is 10.0. The van der Waals surface area contributed by atoms with E-state index >= 15 is 0 Å². The molecule has 9 heteroatoms. The van der Waals surface area contributed by atoms with Gasteiger partial charge in [-0.15, -0.1) is 0 Å². The second-order valence-corrected chi connectivity index (χ2v) is 7.61. The van der Waals surface area contributed by atoms with Crippen LogP contribution in [0.15, 0.2) is 65.1 Å². The molecule has 0 radical (unpaired) electrons. The Morgan fingerprint density at radius 2 is 1.84 bits per heavy atom. The number of carboxylic acids is 1. The molecule has 3 aromatic rings. The smallest absolute Gasteiger partial charge is 0.416 e. The molecule has 0 bridgehead atoms. The summed E-state index contributed by atoms with van der Waals surface area (Å²) in [6, 6.07) is 14.3. The van der Waals surface area contributed by atoms with Crippen LogP contribution in [0.1, 0.15) is 16.9 Å². The summed E-state index contributed by atoms with van der Waals surface area (Å²) in [5, 5.41) is 20.5. The average Bonchev–Trinajstić information content (AvgIpc) is 3.19. The number of benzene rings is 2. The van der Waals surface area contributed by atoms with E-state index in [1.807, 2.05) is 30.3 Å². The molecule has 2 aromatic carbocycles. The average molecular weight is 465 g/mol. The van der Waals surface area contributed by atoms with Gasteiger partial charge in [0.1, 0.15) is 17.6 Å². The van der Waals surface area contributed by atoms with Crippen molar-refractivity contribution in [2.45, 2.75) is 25.1 Å². The van der Waals surface area contributed by atoms with E-state index in [0.717, 1.165) is 23.8 Å². The molecule has 0 aliphatic rings. The Balaban J connectivity index is 1.63. The van der Waals surface area contributed by atoms with Crippen molar-refractivity contribution in [2.75, 3.05) is 6.54 Å². The standard InChI is InChI=1S/C23H20ClF3N2O3/c24-19-8-6-15(23(25,26)27)11-18(19)21-9-7-17(32-21)12-16(28)13-29-20(22(30)31)10-14-4-2-1-3-5-14/h1-9,11,20,28-29H,10,12-13H2,(H,30,31). The van der Waals surface area contributed by atoms with Crippen LogP contribution in [0.4, 0.5) is 13.2 Å². The Morgan fingerprint density at radius 3 is 2.50 bits per heavy atom. The van der Waals surface area contributed by atoms with E-state index < -0.39 is 23.8 Å². The zero-order chi connectivity index (χ0) is 23.3. The molecule has 0 saturated carbocycles. The van der Waals surface area contributed by atoms with Crippen LogP contribution in [0, 0.1) is 5.41 Å². The van der Waals surface area contributed by atoms with Crippen molar-refractivity contribution in [3.8, 4) is 11.3 Å². The summed E-state index contributed by atoms with van der Waals surface area (Å²) < 4.78 is 44.6. The first-order valence-electron chi connectivity index (χ1n) is 9.65. The maximum Gasteiger partial charge on any atom is 0.416 e. The molecule has 0 aliphatic heterocycles. The molecule has 0 fully saturated rings. The molecule has 168 valence electrons. The zero-order valence-electron chi connectivity index (χ0n) is 16.7. The van der Waals surface area contributed by atoms with Crippen LogP contribution in [0.5, 0.6) is 0 Å². The van der Waals surface area contributed by atoms with Crippen molar-refractivity contribution in [1.29, 1.82) is 5.41 Å². The lowest BCUT2D eigenvalue weighted by Gasteiger charge is -2.14. The van der Waals surface area contributed by atoms with Gasteiger partial charge in [-0.25, -0.2) is 0 Å². The van der Waals surface area contributed by atoms with E-state index in [9.17, 15) is 23.1 Å². The predicted octanol–water partition coefficient (Wildman–Crippen LogP) is 5.47.